The summed E-state index contributed by atoms with van der Waals surface area (Å²) in [7, 11) is -1.07. The van der Waals surface area contributed by atoms with Crippen LogP contribution in [0.15, 0.2) is 23.1 Å². The first-order chi connectivity index (χ1) is 15.3. The highest BCUT2D eigenvalue weighted by atomic mass is 32.2. The van der Waals surface area contributed by atoms with Crippen molar-refractivity contribution in [2.24, 2.45) is 0 Å². The monoisotopic (exact) mass is 471 g/mol. The fourth-order valence-electron chi connectivity index (χ4n) is 3.11. The van der Waals surface area contributed by atoms with E-state index in [2.05, 4.69) is 5.32 Å². The van der Waals surface area contributed by atoms with Crippen LogP contribution in [0.25, 0.3) is 0 Å². The van der Waals surface area contributed by atoms with Crippen molar-refractivity contribution >= 4 is 27.9 Å². The van der Waals surface area contributed by atoms with E-state index < -0.39 is 34.5 Å². The molecule has 32 heavy (non-hydrogen) atoms. The van der Waals surface area contributed by atoms with Crippen LogP contribution in [0.4, 0.5) is 4.79 Å². The molecule has 1 fully saturated rings. The van der Waals surface area contributed by atoms with Crippen molar-refractivity contribution in [1.82, 2.24) is 14.9 Å². The Labute approximate surface area is 187 Å². The van der Waals surface area contributed by atoms with Crippen LogP contribution >= 0.6 is 0 Å². The van der Waals surface area contributed by atoms with E-state index in [4.69, 9.17) is 14.2 Å². The van der Waals surface area contributed by atoms with Gasteiger partial charge in [-0.2, -0.15) is 4.31 Å². The van der Waals surface area contributed by atoms with Gasteiger partial charge >= 0.3 is 12.0 Å². The lowest BCUT2D eigenvalue weighted by molar-refractivity contribution is -0.123. The van der Waals surface area contributed by atoms with Crippen LogP contribution in [0.1, 0.15) is 36.0 Å². The molecule has 1 aliphatic rings. The maximum atomic E-state index is 13.2. The van der Waals surface area contributed by atoms with Crippen molar-refractivity contribution < 1.29 is 37.0 Å². The smallest absolute Gasteiger partial charge is 0.338 e. The summed E-state index contributed by atoms with van der Waals surface area (Å²) in [5.74, 6) is -1.63. The molecule has 0 bridgehead atoms. The Hall–Kier alpha value is -2.70. The number of ether oxygens (including phenoxy) is 3. The third-order valence-corrected chi connectivity index (χ3v) is 6.68. The number of benzene rings is 1. The van der Waals surface area contributed by atoms with Gasteiger partial charge in [-0.25, -0.2) is 18.0 Å². The number of hydrogen-bond acceptors (Lipinski definition) is 8. The van der Waals surface area contributed by atoms with E-state index in [0.717, 1.165) is 25.7 Å². The largest absolute Gasteiger partial charge is 0.495 e. The maximum Gasteiger partial charge on any atom is 0.338 e. The number of nitrogens with zero attached hydrogens (tertiary/aromatic N) is 1. The van der Waals surface area contributed by atoms with Gasteiger partial charge in [0.2, 0.25) is 10.0 Å². The molecule has 2 N–H and O–H groups in total. The summed E-state index contributed by atoms with van der Waals surface area (Å²) in [4.78, 5) is 35.6. The molecule has 12 heteroatoms. The Balaban J connectivity index is 2.06. The van der Waals surface area contributed by atoms with Crippen molar-refractivity contribution in [1.29, 1.82) is 0 Å². The first kappa shape index (κ1) is 25.6. The molecule has 3 amide bonds. The second kappa shape index (κ2) is 12.4. The van der Waals surface area contributed by atoms with E-state index in [9.17, 15) is 22.8 Å². The number of urea groups is 1. The summed E-state index contributed by atoms with van der Waals surface area (Å²) in [5.41, 5.74) is -0.0588. The first-order valence-electron chi connectivity index (χ1n) is 10.2. The number of esters is 1. The van der Waals surface area contributed by atoms with E-state index >= 15 is 0 Å². The molecule has 0 saturated carbocycles. The highest BCUT2D eigenvalue weighted by Gasteiger charge is 2.29. The molecule has 1 saturated heterocycles. The fourth-order valence-corrected chi connectivity index (χ4v) is 4.81. The van der Waals surface area contributed by atoms with Crippen LogP contribution in [0.2, 0.25) is 0 Å². The molecule has 0 aliphatic carbocycles. The van der Waals surface area contributed by atoms with Gasteiger partial charge in [0.05, 0.1) is 19.3 Å². The molecular weight excluding hydrogens is 442 g/mol. The summed E-state index contributed by atoms with van der Waals surface area (Å²) < 4.78 is 42.6. The number of rotatable bonds is 9. The number of carbonyl (C=O) groups is 3. The molecule has 1 aliphatic heterocycles. The van der Waals surface area contributed by atoms with Gasteiger partial charge in [0, 0.05) is 26.7 Å². The Bertz CT molecular complexity index is 911. The van der Waals surface area contributed by atoms with Gasteiger partial charge in [0.25, 0.3) is 5.91 Å². The van der Waals surface area contributed by atoms with Gasteiger partial charge in [-0.15, -0.1) is 0 Å². The van der Waals surface area contributed by atoms with Crippen LogP contribution in [0.5, 0.6) is 5.75 Å². The zero-order valence-corrected chi connectivity index (χ0v) is 19.0. The zero-order chi connectivity index (χ0) is 23.6. The Morgan fingerprint density at radius 3 is 2.38 bits per heavy atom. The van der Waals surface area contributed by atoms with Crippen LogP contribution in [0, 0.1) is 0 Å². The van der Waals surface area contributed by atoms with Crippen LogP contribution in [-0.4, -0.2) is 77.7 Å². The van der Waals surface area contributed by atoms with Gasteiger partial charge in [-0.3, -0.25) is 10.1 Å². The van der Waals surface area contributed by atoms with Gasteiger partial charge in [0.15, 0.2) is 6.61 Å². The highest BCUT2D eigenvalue weighted by molar-refractivity contribution is 7.89. The Morgan fingerprint density at radius 1 is 1.06 bits per heavy atom. The minimum absolute atomic E-state index is 0.0588. The lowest BCUT2D eigenvalue weighted by Gasteiger charge is -2.21. The van der Waals surface area contributed by atoms with Crippen LogP contribution in [0.3, 0.4) is 0 Å². The standard InChI is InChI=1S/C20H29N3O8S/c1-29-12-9-21-20(26)22-18(24)14-31-19(25)15-7-8-16(30-2)17(13-15)32(27,28)23-10-5-3-4-6-11-23/h7-8,13H,3-6,9-12,14H2,1-2H3,(H2,21,22,24,26). The van der Waals surface area contributed by atoms with E-state index in [-0.39, 0.29) is 29.4 Å². The zero-order valence-electron chi connectivity index (χ0n) is 18.2. The molecule has 0 radical (unpaired) electrons. The highest BCUT2D eigenvalue weighted by Crippen LogP contribution is 2.29. The third-order valence-electron chi connectivity index (χ3n) is 4.76. The molecule has 1 heterocycles. The topological polar surface area (TPSA) is 140 Å². The van der Waals surface area contributed by atoms with Crippen molar-refractivity contribution in [2.75, 3.05) is 47.1 Å². The van der Waals surface area contributed by atoms with E-state index in [1.807, 2.05) is 5.32 Å². The minimum atomic E-state index is -3.88. The van der Waals surface area contributed by atoms with Crippen LogP contribution in [-0.2, 0) is 24.3 Å². The summed E-state index contributed by atoms with van der Waals surface area (Å²) in [5, 5.41) is 4.39. The Morgan fingerprint density at radius 2 is 1.75 bits per heavy atom. The van der Waals surface area contributed by atoms with Gasteiger partial charge in [-0.1, -0.05) is 12.8 Å². The molecular formula is C20H29N3O8S. The number of sulfonamides is 1. The van der Waals surface area contributed by atoms with Crippen molar-refractivity contribution in [3.05, 3.63) is 23.8 Å². The number of amides is 3. The van der Waals surface area contributed by atoms with E-state index in [1.54, 1.807) is 0 Å². The molecule has 178 valence electrons. The minimum Gasteiger partial charge on any atom is -0.495 e. The summed E-state index contributed by atoms with van der Waals surface area (Å²) in [6.07, 6.45) is 3.44. The summed E-state index contributed by atoms with van der Waals surface area (Å²) in [6.45, 7) is 0.558. The second-order valence-electron chi connectivity index (χ2n) is 7.06. The van der Waals surface area contributed by atoms with Crippen LogP contribution < -0.4 is 15.4 Å². The van der Waals surface area contributed by atoms with Gasteiger partial charge in [0.1, 0.15) is 10.6 Å². The lowest BCUT2D eigenvalue weighted by Crippen LogP contribution is -2.42. The number of nitrogens with one attached hydrogen (secondary N) is 2. The van der Waals surface area contributed by atoms with Crippen molar-refractivity contribution in [3.63, 3.8) is 0 Å². The predicted molar refractivity (Wildman–Crippen MR) is 114 cm³/mol. The second-order valence-corrected chi connectivity index (χ2v) is 8.96. The normalized spacial score (nSPS) is 14.8. The third kappa shape index (κ3) is 7.18. The number of carbonyl (C=O) groups excluding carboxylic acids is 3. The molecule has 1 aromatic carbocycles. The molecule has 2 rings (SSSR count). The average Bonchev–Trinajstić information content (AvgIpc) is 3.07. The molecule has 11 nitrogen and oxygen atoms in total. The van der Waals surface area contributed by atoms with E-state index in [0.29, 0.717) is 13.1 Å². The molecule has 0 spiro atoms. The fraction of sp³-hybridized carbons (Fsp3) is 0.550. The molecule has 1 aromatic rings. The molecule has 0 unspecified atom stereocenters. The lowest BCUT2D eigenvalue weighted by atomic mass is 10.2. The van der Waals surface area contributed by atoms with Gasteiger partial charge in [-0.05, 0) is 31.0 Å². The predicted octanol–water partition coefficient (Wildman–Crippen LogP) is 0.889. The van der Waals surface area contributed by atoms with Crippen molar-refractivity contribution in [3.8, 4) is 5.75 Å². The average molecular weight is 472 g/mol. The maximum absolute atomic E-state index is 13.2. The van der Waals surface area contributed by atoms with Gasteiger partial charge < -0.3 is 19.5 Å². The van der Waals surface area contributed by atoms with Crippen molar-refractivity contribution in [2.45, 2.75) is 30.6 Å². The van der Waals surface area contributed by atoms with E-state index in [1.165, 1.54) is 36.7 Å². The first-order valence-corrected chi connectivity index (χ1v) is 11.7. The SMILES string of the molecule is COCCNC(=O)NC(=O)COC(=O)c1ccc(OC)c(S(=O)(=O)N2CCCCCC2)c1. The molecule has 0 atom stereocenters. The quantitative estimate of drug-likeness (QED) is 0.400. The number of imide groups is 1. The number of hydrogen-bond donors (Lipinski definition) is 2. The number of methoxy groups -OCH3 is 2. The molecule has 0 aromatic heterocycles. The summed E-state index contributed by atoms with van der Waals surface area (Å²) >= 11 is 0. The Kier molecular flexibility index (Phi) is 9.88. The summed E-state index contributed by atoms with van der Waals surface area (Å²) in [6, 6.07) is 3.14.